The second kappa shape index (κ2) is 11.6. The second-order valence-corrected chi connectivity index (χ2v) is 9.43. The van der Waals surface area contributed by atoms with Crippen molar-refractivity contribution in [1.82, 2.24) is 5.32 Å². The molecule has 2 N–H and O–H groups in total. The van der Waals surface area contributed by atoms with E-state index in [1.165, 1.54) is 6.07 Å². The van der Waals surface area contributed by atoms with Crippen molar-refractivity contribution < 1.29 is 33.6 Å². The highest BCUT2D eigenvalue weighted by atomic mass is 16.5. The van der Waals surface area contributed by atoms with Crippen LogP contribution in [0.5, 0.6) is 23.0 Å². The van der Waals surface area contributed by atoms with Crippen LogP contribution in [0, 0.1) is 0 Å². The molecule has 8 heteroatoms. The van der Waals surface area contributed by atoms with E-state index in [0.717, 1.165) is 11.3 Å². The van der Waals surface area contributed by atoms with Crippen molar-refractivity contribution in [3.05, 3.63) is 70.1 Å². The predicted octanol–water partition coefficient (Wildman–Crippen LogP) is 5.12. The van der Waals surface area contributed by atoms with Gasteiger partial charge in [0.15, 0.2) is 28.8 Å². The zero-order valence-corrected chi connectivity index (χ0v) is 22.6. The summed E-state index contributed by atoms with van der Waals surface area (Å²) in [5, 5.41) is 13.7. The molecule has 0 aromatic heterocycles. The van der Waals surface area contributed by atoms with E-state index in [1.54, 1.807) is 26.4 Å². The number of methoxy groups -OCH3 is 2. The summed E-state index contributed by atoms with van der Waals surface area (Å²) in [7, 11) is 3.17. The predicted molar refractivity (Wildman–Crippen MR) is 143 cm³/mol. The Morgan fingerprint density at radius 1 is 1.00 bits per heavy atom. The number of allylic oxidation sites excluding steroid dienone is 3. The molecule has 38 heavy (non-hydrogen) atoms. The number of ether oxygens (including phenoxy) is 4. The second-order valence-electron chi connectivity index (χ2n) is 9.43. The molecule has 0 saturated carbocycles. The number of hydrogen-bond acceptors (Lipinski definition) is 8. The van der Waals surface area contributed by atoms with Crippen LogP contribution in [0.15, 0.2) is 58.9 Å². The van der Waals surface area contributed by atoms with Crippen molar-refractivity contribution in [3.63, 3.8) is 0 Å². The third-order valence-electron chi connectivity index (χ3n) is 6.98. The lowest BCUT2D eigenvalue weighted by molar-refractivity contribution is -0.139. The van der Waals surface area contributed by atoms with Gasteiger partial charge >= 0.3 is 5.97 Å². The number of esters is 1. The summed E-state index contributed by atoms with van der Waals surface area (Å²) in [4.78, 5) is 27.1. The van der Waals surface area contributed by atoms with Crippen molar-refractivity contribution in [2.75, 3.05) is 27.4 Å². The number of hydrogen-bond donors (Lipinski definition) is 2. The van der Waals surface area contributed by atoms with Gasteiger partial charge < -0.3 is 29.4 Å². The van der Waals surface area contributed by atoms with Gasteiger partial charge in [-0.2, -0.15) is 0 Å². The van der Waals surface area contributed by atoms with Crippen molar-refractivity contribution in [2.24, 2.45) is 0 Å². The quantitative estimate of drug-likeness (QED) is 0.438. The standard InChI is InChI=1S/C30H35NO7/c1-6-12-38-30(34)27-17(3)31-21-13-20(18-9-11-24(35-4)26(15-18)36-5)14-23(33)29(21)28(27)19-8-10-22(32)25(16-19)37-7-2/h8-11,15-16,20,28,31-32H,6-7,12-14H2,1-5H3. The lowest BCUT2D eigenvalue weighted by Gasteiger charge is -2.37. The van der Waals surface area contributed by atoms with Gasteiger partial charge in [-0.05, 0) is 68.0 Å². The van der Waals surface area contributed by atoms with Crippen LogP contribution in [-0.4, -0.2) is 44.3 Å². The molecule has 202 valence electrons. The van der Waals surface area contributed by atoms with Crippen LogP contribution in [-0.2, 0) is 14.3 Å². The maximum Gasteiger partial charge on any atom is 0.336 e. The first kappa shape index (κ1) is 27.1. The molecular weight excluding hydrogens is 486 g/mol. The highest BCUT2D eigenvalue weighted by molar-refractivity contribution is 6.04. The molecule has 2 atom stereocenters. The van der Waals surface area contributed by atoms with E-state index in [-0.39, 0.29) is 30.5 Å². The summed E-state index contributed by atoms with van der Waals surface area (Å²) in [6.07, 6.45) is 1.54. The summed E-state index contributed by atoms with van der Waals surface area (Å²) >= 11 is 0. The van der Waals surface area contributed by atoms with Crippen LogP contribution in [0.3, 0.4) is 0 Å². The maximum absolute atomic E-state index is 13.8. The molecule has 2 aromatic carbocycles. The van der Waals surface area contributed by atoms with E-state index in [0.29, 0.717) is 59.1 Å². The molecule has 0 bridgehead atoms. The van der Waals surface area contributed by atoms with Crippen LogP contribution in [0.2, 0.25) is 0 Å². The first-order valence-electron chi connectivity index (χ1n) is 12.9. The van der Waals surface area contributed by atoms with Crippen LogP contribution < -0.4 is 19.5 Å². The van der Waals surface area contributed by atoms with Gasteiger partial charge in [-0.1, -0.05) is 19.1 Å². The number of carbonyl (C=O) groups excluding carboxylic acids is 2. The van der Waals surface area contributed by atoms with Gasteiger partial charge in [0.05, 0.1) is 33.0 Å². The normalized spacial score (nSPS) is 19.0. The van der Waals surface area contributed by atoms with Crippen LogP contribution in [0.25, 0.3) is 0 Å². The van der Waals surface area contributed by atoms with Gasteiger partial charge in [0.25, 0.3) is 0 Å². The molecule has 8 nitrogen and oxygen atoms in total. The molecule has 0 spiro atoms. The molecule has 0 saturated heterocycles. The van der Waals surface area contributed by atoms with E-state index in [4.69, 9.17) is 18.9 Å². The fraction of sp³-hybridized carbons (Fsp3) is 0.400. The minimum atomic E-state index is -0.644. The number of ketones is 1. The largest absolute Gasteiger partial charge is 0.504 e. The number of nitrogens with one attached hydrogen (secondary N) is 1. The molecule has 4 rings (SSSR count). The summed E-state index contributed by atoms with van der Waals surface area (Å²) < 4.78 is 22.0. The number of benzene rings is 2. The summed E-state index contributed by atoms with van der Waals surface area (Å²) in [5.74, 6) is 0.298. The third kappa shape index (κ3) is 5.21. The molecule has 0 fully saturated rings. The number of rotatable bonds is 9. The van der Waals surface area contributed by atoms with Crippen molar-refractivity contribution in [3.8, 4) is 23.0 Å². The Balaban J connectivity index is 1.79. The number of aromatic hydroxyl groups is 1. The molecule has 0 radical (unpaired) electrons. The number of phenols is 1. The molecule has 1 aliphatic heterocycles. The Kier molecular flexibility index (Phi) is 8.29. The zero-order chi connectivity index (χ0) is 27.4. The highest BCUT2D eigenvalue weighted by Gasteiger charge is 2.41. The van der Waals surface area contributed by atoms with Gasteiger partial charge in [-0.25, -0.2) is 4.79 Å². The van der Waals surface area contributed by atoms with Crippen molar-refractivity contribution in [1.29, 1.82) is 0 Å². The van der Waals surface area contributed by atoms with Gasteiger partial charge in [0.2, 0.25) is 0 Å². The lowest BCUT2D eigenvalue weighted by atomic mass is 9.71. The fourth-order valence-corrected chi connectivity index (χ4v) is 5.24. The highest BCUT2D eigenvalue weighted by Crippen LogP contribution is 2.47. The topological polar surface area (TPSA) is 103 Å². The molecule has 1 aliphatic carbocycles. The van der Waals surface area contributed by atoms with E-state index in [2.05, 4.69) is 5.32 Å². The summed E-state index contributed by atoms with van der Waals surface area (Å²) in [6.45, 7) is 6.23. The van der Waals surface area contributed by atoms with Gasteiger partial charge in [0.1, 0.15) is 0 Å². The monoisotopic (exact) mass is 521 g/mol. The maximum atomic E-state index is 13.8. The van der Waals surface area contributed by atoms with Gasteiger partial charge in [-0.15, -0.1) is 0 Å². The van der Waals surface area contributed by atoms with Crippen LogP contribution in [0.1, 0.15) is 63.0 Å². The Morgan fingerprint density at radius 3 is 2.39 bits per heavy atom. The van der Waals surface area contributed by atoms with Crippen molar-refractivity contribution >= 4 is 11.8 Å². The molecular formula is C30H35NO7. The Morgan fingerprint density at radius 2 is 1.71 bits per heavy atom. The van der Waals surface area contributed by atoms with E-state index in [9.17, 15) is 14.7 Å². The van der Waals surface area contributed by atoms with E-state index >= 15 is 0 Å². The lowest BCUT2D eigenvalue weighted by Crippen LogP contribution is -2.36. The summed E-state index contributed by atoms with van der Waals surface area (Å²) in [5.41, 5.74) is 4.01. The van der Waals surface area contributed by atoms with E-state index in [1.807, 2.05) is 39.0 Å². The SMILES string of the molecule is CCCOC(=O)C1=C(C)NC2=C(C(=O)CC(c3ccc(OC)c(OC)c3)C2)C1c1ccc(O)c(OCC)c1. The van der Waals surface area contributed by atoms with Crippen LogP contribution >= 0.6 is 0 Å². The zero-order valence-electron chi connectivity index (χ0n) is 22.6. The Labute approximate surface area is 223 Å². The minimum Gasteiger partial charge on any atom is -0.504 e. The average molecular weight is 522 g/mol. The van der Waals surface area contributed by atoms with Crippen molar-refractivity contribution in [2.45, 2.75) is 51.9 Å². The molecule has 2 aliphatic rings. The molecule has 2 aromatic rings. The smallest absolute Gasteiger partial charge is 0.336 e. The van der Waals surface area contributed by atoms with Gasteiger partial charge in [-0.3, -0.25) is 4.79 Å². The molecule has 1 heterocycles. The third-order valence-corrected chi connectivity index (χ3v) is 6.98. The average Bonchev–Trinajstić information content (AvgIpc) is 2.91. The van der Waals surface area contributed by atoms with E-state index < -0.39 is 11.9 Å². The number of carbonyl (C=O) groups is 2. The first-order valence-corrected chi connectivity index (χ1v) is 12.9. The number of Topliss-reactive ketones (excluding diaryl/α,β-unsaturated/α-hetero) is 1. The minimum absolute atomic E-state index is 0.00182. The van der Waals surface area contributed by atoms with Crippen LogP contribution in [0.4, 0.5) is 0 Å². The Bertz CT molecular complexity index is 1290. The Hall–Kier alpha value is -3.94. The first-order chi connectivity index (χ1) is 18.3. The molecule has 0 amide bonds. The molecule has 2 unspecified atom stereocenters. The van der Waals surface area contributed by atoms with Gasteiger partial charge in [0, 0.05) is 29.3 Å². The number of dihydropyridines is 1. The number of phenolic OH excluding ortho intramolecular Hbond substituents is 1. The fourth-order valence-electron chi connectivity index (χ4n) is 5.24. The summed E-state index contributed by atoms with van der Waals surface area (Å²) in [6, 6.07) is 10.7.